The molecule has 0 spiro atoms. The number of rotatable bonds is 10. The Morgan fingerprint density at radius 2 is 1.45 bits per heavy atom. The Labute approximate surface area is 133 Å². The van der Waals surface area contributed by atoms with Crippen LogP contribution in [0.4, 0.5) is 0 Å². The van der Waals surface area contributed by atoms with Gasteiger partial charge in [-0.1, -0.05) is 12.7 Å². The third-order valence-electron chi connectivity index (χ3n) is 2.21. The predicted molar refractivity (Wildman–Crippen MR) is 99.6 cm³/mol. The van der Waals surface area contributed by atoms with Crippen LogP contribution in [0, 0.1) is 0 Å². The molecule has 0 radical (unpaired) electrons. The zero-order chi connectivity index (χ0) is 16.0. The maximum atomic E-state index is 6.27. The van der Waals surface area contributed by atoms with Gasteiger partial charge in [0.15, 0.2) is 9.38 Å². The molecule has 0 amide bonds. The quantitative estimate of drug-likeness (QED) is 0.523. The average molecular weight is 387 g/mol. The molecule has 5 nitrogen and oxygen atoms in total. The Hall–Kier alpha value is 0.811. The summed E-state index contributed by atoms with van der Waals surface area (Å²) in [5, 5.41) is 0. The molecule has 0 saturated carbocycles. The van der Waals surface area contributed by atoms with Gasteiger partial charge in [0.05, 0.1) is 0 Å². The van der Waals surface area contributed by atoms with E-state index in [1.165, 1.54) is 0 Å². The van der Waals surface area contributed by atoms with E-state index in [1.54, 1.807) is 0 Å². The fourth-order valence-electron chi connectivity index (χ4n) is 2.17. The summed E-state index contributed by atoms with van der Waals surface area (Å²) in [6.07, 6.45) is 3.77. The van der Waals surface area contributed by atoms with Crippen LogP contribution >= 0.6 is 0 Å². The molecule has 0 fully saturated rings. The molecule has 0 aliphatic rings. The van der Waals surface area contributed by atoms with Crippen molar-refractivity contribution in [3.8, 4) is 0 Å². The molecule has 0 saturated heterocycles. The van der Waals surface area contributed by atoms with Gasteiger partial charge >= 0.3 is 35.0 Å². The van der Waals surface area contributed by atoms with Crippen molar-refractivity contribution < 1.29 is 20.6 Å². The minimum Gasteiger partial charge on any atom is -0.591 e. The Morgan fingerprint density at radius 1 is 0.950 bits per heavy atom. The van der Waals surface area contributed by atoms with E-state index in [2.05, 4.69) is 52.0 Å². The lowest BCUT2D eigenvalue weighted by Crippen LogP contribution is -2.55. The zero-order valence-corrected chi connectivity index (χ0v) is 20.8. The van der Waals surface area contributed by atoms with Crippen molar-refractivity contribution in [3.63, 3.8) is 0 Å². The van der Waals surface area contributed by atoms with Gasteiger partial charge in [0, 0.05) is 0 Å². The van der Waals surface area contributed by atoms with Crippen molar-refractivity contribution >= 4 is 60.3 Å². The molecule has 0 aliphatic carbocycles. The Bertz CT molecular complexity index is 311. The molecular weight excluding hydrogens is 357 g/mol. The molecule has 120 valence electrons. The maximum absolute atomic E-state index is 6.27. The smallest absolute Gasteiger partial charge is 0.355 e. The van der Waals surface area contributed by atoms with Crippen molar-refractivity contribution in [2.75, 3.05) is 0 Å². The first kappa shape index (κ1) is 20.8. The summed E-state index contributed by atoms with van der Waals surface area (Å²) in [6, 6.07) is 0. The molecule has 0 N–H and O–H groups in total. The van der Waals surface area contributed by atoms with Crippen LogP contribution in [0.15, 0.2) is 0 Å². The van der Waals surface area contributed by atoms with E-state index in [4.69, 9.17) is 20.6 Å². The third-order valence-corrected chi connectivity index (χ3v) is 19.9. The molecule has 1 atom stereocenters. The predicted octanol–water partition coefficient (Wildman–Crippen LogP) is 0.940. The van der Waals surface area contributed by atoms with E-state index in [0.29, 0.717) is 0 Å². The van der Waals surface area contributed by atoms with Crippen LogP contribution in [-0.4, -0.2) is 60.3 Å². The summed E-state index contributed by atoms with van der Waals surface area (Å²) in [5.74, 6) is 0. The molecule has 0 aromatic carbocycles. The zero-order valence-electron chi connectivity index (χ0n) is 14.1. The molecule has 0 bridgehead atoms. The van der Waals surface area contributed by atoms with Crippen LogP contribution in [0.3, 0.4) is 0 Å². The fraction of sp³-hybridized carbons (Fsp3) is 0.889. The summed E-state index contributed by atoms with van der Waals surface area (Å²) < 4.78 is 29.9. The first-order valence-corrected chi connectivity index (χ1v) is 20.7. The van der Waals surface area contributed by atoms with Crippen molar-refractivity contribution in [2.45, 2.75) is 52.4 Å². The maximum Gasteiger partial charge on any atom is 0.355 e. The van der Waals surface area contributed by atoms with Gasteiger partial charge in [-0.25, -0.2) is 0 Å². The topological polar surface area (TPSA) is 46.2 Å². The van der Waals surface area contributed by atoms with E-state index < -0.39 is 44.7 Å². The molecular formula is C9H30O5Si6. The Balaban J connectivity index is 4.60. The first-order valence-electron chi connectivity index (χ1n) is 6.91. The van der Waals surface area contributed by atoms with Gasteiger partial charge < -0.3 is 20.6 Å². The van der Waals surface area contributed by atoms with Gasteiger partial charge in [-0.05, 0) is 45.8 Å². The third kappa shape index (κ3) is 9.69. The molecule has 0 aromatic rings. The van der Waals surface area contributed by atoms with Crippen LogP contribution in [0.25, 0.3) is 0 Å². The lowest BCUT2D eigenvalue weighted by Gasteiger charge is -2.38. The second kappa shape index (κ2) is 8.45. The van der Waals surface area contributed by atoms with Crippen LogP contribution in [0.2, 0.25) is 52.4 Å². The largest absolute Gasteiger partial charge is 0.591 e. The highest BCUT2D eigenvalue weighted by Crippen LogP contribution is 2.22. The van der Waals surface area contributed by atoms with Crippen molar-refractivity contribution in [3.05, 3.63) is 0 Å². The summed E-state index contributed by atoms with van der Waals surface area (Å²) in [4.78, 5) is 0. The van der Waals surface area contributed by atoms with Gasteiger partial charge in [-0.2, -0.15) is 0 Å². The van der Waals surface area contributed by atoms with E-state index in [1.807, 2.05) is 6.55 Å². The lowest BCUT2D eigenvalue weighted by molar-refractivity contribution is 0.295. The van der Waals surface area contributed by atoms with Crippen LogP contribution in [0.5, 0.6) is 0 Å². The van der Waals surface area contributed by atoms with E-state index >= 15 is 0 Å². The molecule has 11 heteroatoms. The Kier molecular flexibility index (Phi) is 8.79. The summed E-state index contributed by atoms with van der Waals surface area (Å²) in [5.41, 5.74) is 0. The summed E-state index contributed by atoms with van der Waals surface area (Å²) in [7, 11) is -8.82. The SMILES string of the molecule is C=[SiH]O[SiH](C)O[Si](C)(C)O[Si](C)(C)O[Si](C)(C)O[SiH2]C. The van der Waals surface area contributed by atoms with Crippen molar-refractivity contribution in [1.29, 1.82) is 0 Å². The highest BCUT2D eigenvalue weighted by atomic mass is 28.5. The highest BCUT2D eigenvalue weighted by molar-refractivity contribution is 6.86. The monoisotopic (exact) mass is 386 g/mol. The van der Waals surface area contributed by atoms with Crippen LogP contribution in [-0.2, 0) is 20.6 Å². The van der Waals surface area contributed by atoms with Crippen molar-refractivity contribution in [2.24, 2.45) is 0 Å². The number of hydrogen-bond acceptors (Lipinski definition) is 5. The van der Waals surface area contributed by atoms with E-state index in [0.717, 1.165) is 0 Å². The van der Waals surface area contributed by atoms with Crippen LogP contribution in [0.1, 0.15) is 0 Å². The Morgan fingerprint density at radius 3 is 1.90 bits per heavy atom. The first-order chi connectivity index (χ1) is 8.93. The standard InChI is InChI=1S/C9H30O5Si6/c1-15-10-17(3)12-19(6,7)14-20(8,9)13-18(4,5)11-16-2/h15,17H,1,16H2,2-9H3. The van der Waals surface area contributed by atoms with Gasteiger partial charge in [0.25, 0.3) is 0 Å². The highest BCUT2D eigenvalue weighted by Gasteiger charge is 2.42. The molecule has 1 unspecified atom stereocenters. The molecule has 0 heterocycles. The summed E-state index contributed by atoms with van der Waals surface area (Å²) in [6.45, 7) is 16.6. The molecule has 0 rings (SSSR count). The van der Waals surface area contributed by atoms with Gasteiger partial charge in [-0.3, -0.25) is 0 Å². The minimum absolute atomic E-state index is 0.213. The molecule has 0 aliphatic heterocycles. The second-order valence-electron chi connectivity index (χ2n) is 5.82. The number of hydrogen-bond donors (Lipinski definition) is 0. The molecule has 20 heavy (non-hydrogen) atoms. The van der Waals surface area contributed by atoms with E-state index in [-0.39, 0.29) is 9.38 Å². The lowest BCUT2D eigenvalue weighted by atomic mass is 11.9. The summed E-state index contributed by atoms with van der Waals surface area (Å²) >= 11 is 0. The second-order valence-corrected chi connectivity index (χ2v) is 21.1. The van der Waals surface area contributed by atoms with Gasteiger partial charge in [0.2, 0.25) is 0 Å². The average Bonchev–Trinajstić information content (AvgIpc) is 2.11. The molecule has 0 aromatic heterocycles. The van der Waals surface area contributed by atoms with Gasteiger partial charge in [-0.15, -0.1) is 0 Å². The van der Waals surface area contributed by atoms with E-state index in [9.17, 15) is 0 Å². The minimum atomic E-state index is -2.25. The van der Waals surface area contributed by atoms with Crippen molar-refractivity contribution in [1.82, 2.24) is 0 Å². The fourth-order valence-corrected chi connectivity index (χ4v) is 21.4. The van der Waals surface area contributed by atoms with Crippen LogP contribution < -0.4 is 0 Å². The normalized spacial score (nSPS) is 15.6. The van der Waals surface area contributed by atoms with Gasteiger partial charge in [0.1, 0.15) is 9.76 Å².